The standard InChI is InChI=1S/C23H28F3N5O4/c1-22(2,3)35-21(34)31-10-9-30(12-17(31)23(24,25)26)13-5-6-14-16(11-13)29(4)28-19(14)15-7-8-18(32)27-20(15)33/h5-6,11,15,17H,7-10,12H2,1-4H3,(H,27,32,33)/t15?,17-/m1/s1. The van der Waals surface area contributed by atoms with Crippen molar-refractivity contribution in [1.82, 2.24) is 20.0 Å². The number of hydrogen-bond acceptors (Lipinski definition) is 6. The van der Waals surface area contributed by atoms with Crippen molar-refractivity contribution in [3.05, 3.63) is 23.9 Å². The minimum Gasteiger partial charge on any atom is -0.444 e. The molecule has 4 rings (SSSR count). The quantitative estimate of drug-likeness (QED) is 0.644. The zero-order chi connectivity index (χ0) is 25.7. The van der Waals surface area contributed by atoms with Gasteiger partial charge in [-0.3, -0.25) is 24.5 Å². The molecule has 2 fully saturated rings. The first-order valence-electron chi connectivity index (χ1n) is 11.4. The number of carbonyl (C=O) groups excluding carboxylic acids is 3. The molecule has 9 nitrogen and oxygen atoms in total. The molecule has 2 aromatic rings. The van der Waals surface area contributed by atoms with Crippen LogP contribution in [-0.4, -0.2) is 70.0 Å². The van der Waals surface area contributed by atoms with E-state index in [0.717, 1.165) is 4.90 Å². The largest absolute Gasteiger partial charge is 0.444 e. The van der Waals surface area contributed by atoms with Crippen LogP contribution in [0.3, 0.4) is 0 Å². The molecular formula is C23H28F3N5O4. The molecule has 35 heavy (non-hydrogen) atoms. The van der Waals surface area contributed by atoms with E-state index in [1.165, 1.54) is 0 Å². The third-order valence-corrected chi connectivity index (χ3v) is 6.18. The smallest absolute Gasteiger partial charge is 0.410 e. The van der Waals surface area contributed by atoms with Crippen molar-refractivity contribution in [2.45, 2.75) is 57.3 Å². The van der Waals surface area contributed by atoms with Gasteiger partial charge in [0.05, 0.1) is 17.1 Å². The van der Waals surface area contributed by atoms with Crippen LogP contribution >= 0.6 is 0 Å². The van der Waals surface area contributed by atoms with Crippen molar-refractivity contribution < 1.29 is 32.3 Å². The van der Waals surface area contributed by atoms with Gasteiger partial charge in [0.2, 0.25) is 11.8 Å². The average Bonchev–Trinajstić information content (AvgIpc) is 3.07. The number of carbonyl (C=O) groups is 3. The number of ether oxygens (including phenoxy) is 1. The van der Waals surface area contributed by atoms with Gasteiger partial charge < -0.3 is 9.64 Å². The van der Waals surface area contributed by atoms with Crippen LogP contribution in [-0.2, 0) is 21.4 Å². The maximum atomic E-state index is 13.9. The van der Waals surface area contributed by atoms with Gasteiger partial charge in [0.15, 0.2) is 0 Å². The molecule has 0 saturated carbocycles. The maximum Gasteiger partial charge on any atom is 0.410 e. The van der Waals surface area contributed by atoms with E-state index < -0.39 is 42.3 Å². The van der Waals surface area contributed by atoms with Crippen molar-refractivity contribution >= 4 is 34.5 Å². The summed E-state index contributed by atoms with van der Waals surface area (Å²) in [4.78, 5) is 38.6. The summed E-state index contributed by atoms with van der Waals surface area (Å²) in [6.45, 7) is 4.42. The molecule has 1 aromatic carbocycles. The van der Waals surface area contributed by atoms with Crippen molar-refractivity contribution in [2.75, 3.05) is 24.5 Å². The Morgan fingerprint density at radius 3 is 2.51 bits per heavy atom. The van der Waals surface area contributed by atoms with Gasteiger partial charge in [-0.15, -0.1) is 0 Å². The summed E-state index contributed by atoms with van der Waals surface area (Å²) >= 11 is 0. The molecule has 3 heterocycles. The molecule has 2 saturated heterocycles. The Hall–Kier alpha value is -3.31. The summed E-state index contributed by atoms with van der Waals surface area (Å²) in [7, 11) is 1.69. The lowest BCUT2D eigenvalue weighted by Gasteiger charge is -2.43. The second kappa shape index (κ2) is 8.72. The molecule has 12 heteroatoms. The number of hydrogen-bond donors (Lipinski definition) is 1. The Bertz CT molecular complexity index is 1170. The summed E-state index contributed by atoms with van der Waals surface area (Å²) in [5.74, 6) is -1.30. The molecule has 3 amide bonds. The maximum absolute atomic E-state index is 13.9. The van der Waals surface area contributed by atoms with Gasteiger partial charge in [-0.1, -0.05) is 0 Å². The molecule has 1 N–H and O–H groups in total. The number of rotatable bonds is 2. The highest BCUT2D eigenvalue weighted by Gasteiger charge is 2.49. The fraction of sp³-hybridized carbons (Fsp3) is 0.565. The number of piperidine rings is 1. The topological polar surface area (TPSA) is 96.8 Å². The number of aryl methyl sites for hydroxylation is 1. The first-order chi connectivity index (χ1) is 16.2. The number of alkyl halides is 3. The van der Waals surface area contributed by atoms with Gasteiger partial charge in [-0.2, -0.15) is 18.3 Å². The van der Waals surface area contributed by atoms with E-state index in [4.69, 9.17) is 4.74 Å². The zero-order valence-corrected chi connectivity index (χ0v) is 20.0. The number of halogens is 3. The van der Waals surface area contributed by atoms with Gasteiger partial charge in [-0.05, 0) is 45.4 Å². The molecule has 1 unspecified atom stereocenters. The predicted molar refractivity (Wildman–Crippen MR) is 121 cm³/mol. The van der Waals surface area contributed by atoms with Crippen molar-refractivity contribution in [1.29, 1.82) is 0 Å². The van der Waals surface area contributed by atoms with E-state index in [0.29, 0.717) is 28.7 Å². The van der Waals surface area contributed by atoms with Crippen LogP contribution in [0.2, 0.25) is 0 Å². The molecule has 0 aliphatic carbocycles. The number of fused-ring (bicyclic) bond motifs is 1. The van der Waals surface area contributed by atoms with Crippen LogP contribution in [0.25, 0.3) is 10.9 Å². The normalized spacial score (nSPS) is 21.9. The minimum atomic E-state index is -4.63. The van der Waals surface area contributed by atoms with Crippen LogP contribution in [0.4, 0.5) is 23.7 Å². The van der Waals surface area contributed by atoms with E-state index in [1.54, 1.807) is 55.6 Å². The van der Waals surface area contributed by atoms with Crippen molar-refractivity contribution in [3.63, 3.8) is 0 Å². The molecule has 0 bridgehead atoms. The summed E-state index contributed by atoms with van der Waals surface area (Å²) in [6.07, 6.45) is -5.06. The number of amides is 3. The summed E-state index contributed by atoms with van der Waals surface area (Å²) in [5, 5.41) is 7.50. The van der Waals surface area contributed by atoms with E-state index in [2.05, 4.69) is 10.4 Å². The zero-order valence-electron chi connectivity index (χ0n) is 20.0. The number of piperazine rings is 1. The number of anilines is 1. The second-order valence-electron chi connectivity index (χ2n) is 9.89. The fourth-order valence-electron chi connectivity index (χ4n) is 4.52. The Morgan fingerprint density at radius 1 is 1.17 bits per heavy atom. The molecule has 190 valence electrons. The second-order valence-corrected chi connectivity index (χ2v) is 9.89. The first kappa shape index (κ1) is 24.8. The van der Waals surface area contributed by atoms with Crippen LogP contribution in [0.15, 0.2) is 18.2 Å². The lowest BCUT2D eigenvalue weighted by Crippen LogP contribution is -2.61. The average molecular weight is 496 g/mol. The number of nitrogens with one attached hydrogen (secondary N) is 1. The summed E-state index contributed by atoms with van der Waals surface area (Å²) in [5.41, 5.74) is 0.825. The molecule has 2 aliphatic rings. The van der Waals surface area contributed by atoms with Gasteiger partial charge in [0.1, 0.15) is 11.6 Å². The number of nitrogens with zero attached hydrogens (tertiary/aromatic N) is 4. The van der Waals surface area contributed by atoms with Crippen molar-refractivity contribution in [3.8, 4) is 0 Å². The highest BCUT2D eigenvalue weighted by atomic mass is 19.4. The number of aromatic nitrogens is 2. The van der Waals surface area contributed by atoms with Gasteiger partial charge in [0.25, 0.3) is 0 Å². The summed E-state index contributed by atoms with van der Waals surface area (Å²) in [6, 6.07) is 3.14. The summed E-state index contributed by atoms with van der Waals surface area (Å²) < 4.78 is 48.5. The Labute approximate surface area is 200 Å². The van der Waals surface area contributed by atoms with Gasteiger partial charge in [0, 0.05) is 44.2 Å². The third-order valence-electron chi connectivity index (χ3n) is 6.18. The number of benzene rings is 1. The Balaban J connectivity index is 1.60. The van der Waals surface area contributed by atoms with Crippen LogP contribution in [0.1, 0.15) is 45.2 Å². The number of imide groups is 1. The molecule has 0 spiro atoms. The highest BCUT2D eigenvalue weighted by Crippen LogP contribution is 2.35. The fourth-order valence-corrected chi connectivity index (χ4v) is 4.52. The molecule has 1 aromatic heterocycles. The van der Waals surface area contributed by atoms with E-state index in [1.807, 2.05) is 0 Å². The van der Waals surface area contributed by atoms with E-state index in [-0.39, 0.29) is 25.4 Å². The monoisotopic (exact) mass is 495 g/mol. The molecule has 0 radical (unpaired) electrons. The van der Waals surface area contributed by atoms with E-state index in [9.17, 15) is 27.6 Å². The Morgan fingerprint density at radius 2 is 1.89 bits per heavy atom. The van der Waals surface area contributed by atoms with Crippen LogP contribution in [0, 0.1) is 0 Å². The van der Waals surface area contributed by atoms with Crippen LogP contribution < -0.4 is 10.2 Å². The van der Waals surface area contributed by atoms with E-state index >= 15 is 0 Å². The predicted octanol–water partition coefficient (Wildman–Crippen LogP) is 3.08. The van der Waals surface area contributed by atoms with Gasteiger partial charge in [-0.25, -0.2) is 4.79 Å². The molecule has 2 aliphatic heterocycles. The van der Waals surface area contributed by atoms with Crippen molar-refractivity contribution in [2.24, 2.45) is 7.05 Å². The highest BCUT2D eigenvalue weighted by molar-refractivity contribution is 6.02. The SMILES string of the molecule is Cn1nc(C2CCC(=O)NC2=O)c2ccc(N3CCN(C(=O)OC(C)(C)C)[C@@H](C(F)(F)F)C3)cc21. The third kappa shape index (κ3) is 5.06. The lowest BCUT2D eigenvalue weighted by molar-refractivity contribution is -0.181. The Kier molecular flexibility index (Phi) is 6.18. The van der Waals surface area contributed by atoms with Gasteiger partial charge >= 0.3 is 12.3 Å². The first-order valence-corrected chi connectivity index (χ1v) is 11.4. The minimum absolute atomic E-state index is 0.149. The molecule has 2 atom stereocenters. The lowest BCUT2D eigenvalue weighted by atomic mass is 9.93. The van der Waals surface area contributed by atoms with Crippen LogP contribution in [0.5, 0.6) is 0 Å². The molecular weight excluding hydrogens is 467 g/mol.